The van der Waals surface area contributed by atoms with E-state index in [0.29, 0.717) is 24.5 Å². The molecule has 0 N–H and O–H groups in total. The fraction of sp³-hybridized carbons (Fsp3) is 0.300. The molecule has 0 saturated carbocycles. The third kappa shape index (κ3) is 3.47. The van der Waals surface area contributed by atoms with Crippen LogP contribution in [-0.4, -0.2) is 59.5 Å². The van der Waals surface area contributed by atoms with E-state index in [-0.39, 0.29) is 29.7 Å². The van der Waals surface area contributed by atoms with Crippen molar-refractivity contribution in [3.8, 4) is 5.69 Å². The number of aryl methyl sites for hydroxylation is 1. The number of aromatic nitrogens is 2. The third-order valence-electron chi connectivity index (χ3n) is 5.08. The van der Waals surface area contributed by atoms with Crippen LogP contribution < -0.4 is 0 Å². The largest absolute Gasteiger partial charge is 0.459 e. The van der Waals surface area contributed by atoms with Gasteiger partial charge in [-0.25, -0.2) is 13.1 Å². The Hall–Kier alpha value is -2.91. The molecule has 1 aliphatic rings. The van der Waals surface area contributed by atoms with Crippen LogP contribution in [0, 0.1) is 13.8 Å². The number of carbonyl (C=O) groups excluding carboxylic acids is 1. The fourth-order valence-electron chi connectivity index (χ4n) is 3.64. The maximum Gasteiger partial charge on any atom is 0.289 e. The lowest BCUT2D eigenvalue weighted by atomic mass is 10.3. The lowest BCUT2D eigenvalue weighted by Crippen LogP contribution is -2.50. The SMILES string of the molecule is Cc1nn(-c2ccccc2)c(C)c1S(=O)(=O)N1CCN(C(=O)c2ccco2)CC1. The normalized spacial score (nSPS) is 15.6. The average molecular weight is 414 g/mol. The summed E-state index contributed by atoms with van der Waals surface area (Å²) in [5, 5.41) is 4.45. The van der Waals surface area contributed by atoms with Crippen molar-refractivity contribution in [3.05, 3.63) is 65.9 Å². The predicted octanol–water partition coefficient (Wildman–Crippen LogP) is 2.23. The van der Waals surface area contributed by atoms with Crippen LogP contribution >= 0.6 is 0 Å². The topological polar surface area (TPSA) is 88.7 Å². The van der Waals surface area contributed by atoms with E-state index < -0.39 is 10.0 Å². The van der Waals surface area contributed by atoms with Crippen LogP contribution in [0.4, 0.5) is 0 Å². The first-order valence-electron chi connectivity index (χ1n) is 9.34. The van der Waals surface area contributed by atoms with E-state index >= 15 is 0 Å². The molecule has 1 fully saturated rings. The van der Waals surface area contributed by atoms with Gasteiger partial charge in [-0.3, -0.25) is 4.79 Å². The van der Waals surface area contributed by atoms with Crippen molar-refractivity contribution in [1.82, 2.24) is 19.0 Å². The Labute approximate surface area is 169 Å². The molecule has 9 heteroatoms. The van der Waals surface area contributed by atoms with Gasteiger partial charge < -0.3 is 9.32 Å². The Bertz CT molecular complexity index is 1110. The zero-order valence-electron chi connectivity index (χ0n) is 16.3. The molecule has 8 nitrogen and oxygen atoms in total. The van der Waals surface area contributed by atoms with Crippen molar-refractivity contribution < 1.29 is 17.6 Å². The summed E-state index contributed by atoms with van der Waals surface area (Å²) in [7, 11) is -3.72. The summed E-state index contributed by atoms with van der Waals surface area (Å²) in [5.74, 6) is 0.0356. The third-order valence-corrected chi connectivity index (χ3v) is 7.23. The highest BCUT2D eigenvalue weighted by atomic mass is 32.2. The molecule has 0 unspecified atom stereocenters. The summed E-state index contributed by atoms with van der Waals surface area (Å²) in [6, 6.07) is 12.7. The van der Waals surface area contributed by atoms with Crippen LogP contribution in [0.2, 0.25) is 0 Å². The van der Waals surface area contributed by atoms with E-state index in [1.165, 1.54) is 10.6 Å². The lowest BCUT2D eigenvalue weighted by molar-refractivity contribution is 0.0666. The molecule has 4 rings (SSSR count). The number of rotatable bonds is 4. The molecule has 3 heterocycles. The van der Waals surface area contributed by atoms with Crippen LogP contribution in [0.3, 0.4) is 0 Å². The number of furan rings is 1. The summed E-state index contributed by atoms with van der Waals surface area (Å²) in [6.45, 7) is 4.54. The molecule has 0 bridgehead atoms. The Morgan fingerprint density at radius 1 is 1.00 bits per heavy atom. The van der Waals surface area contributed by atoms with Crippen molar-refractivity contribution in [2.75, 3.05) is 26.2 Å². The van der Waals surface area contributed by atoms with Crippen LogP contribution in [-0.2, 0) is 10.0 Å². The second-order valence-electron chi connectivity index (χ2n) is 6.92. The van der Waals surface area contributed by atoms with Gasteiger partial charge in [-0.2, -0.15) is 9.40 Å². The van der Waals surface area contributed by atoms with Gasteiger partial charge >= 0.3 is 0 Å². The van der Waals surface area contributed by atoms with E-state index in [0.717, 1.165) is 5.69 Å². The monoisotopic (exact) mass is 414 g/mol. The Morgan fingerprint density at radius 2 is 1.69 bits per heavy atom. The molecule has 0 aliphatic carbocycles. The maximum atomic E-state index is 13.3. The zero-order valence-corrected chi connectivity index (χ0v) is 17.1. The molecule has 1 amide bonds. The number of benzene rings is 1. The van der Waals surface area contributed by atoms with Gasteiger partial charge in [-0.15, -0.1) is 0 Å². The summed E-state index contributed by atoms with van der Waals surface area (Å²) >= 11 is 0. The minimum absolute atomic E-state index is 0.226. The number of para-hydroxylation sites is 1. The van der Waals surface area contributed by atoms with Gasteiger partial charge in [0, 0.05) is 26.2 Å². The fourth-order valence-corrected chi connectivity index (χ4v) is 5.42. The summed E-state index contributed by atoms with van der Waals surface area (Å²) < 4.78 is 34.9. The van der Waals surface area contributed by atoms with Gasteiger partial charge in [-0.1, -0.05) is 18.2 Å². The molecule has 0 spiro atoms. The van der Waals surface area contributed by atoms with Gasteiger partial charge in [0.2, 0.25) is 10.0 Å². The van der Waals surface area contributed by atoms with E-state index in [1.807, 2.05) is 30.3 Å². The number of hydrogen-bond donors (Lipinski definition) is 0. The average Bonchev–Trinajstić information content (AvgIpc) is 3.36. The summed E-state index contributed by atoms with van der Waals surface area (Å²) in [6.07, 6.45) is 1.45. The second-order valence-corrected chi connectivity index (χ2v) is 8.80. The van der Waals surface area contributed by atoms with Gasteiger partial charge in [-0.05, 0) is 38.1 Å². The van der Waals surface area contributed by atoms with Crippen LogP contribution in [0.15, 0.2) is 58.0 Å². The van der Waals surface area contributed by atoms with Crippen molar-refractivity contribution in [2.45, 2.75) is 18.7 Å². The van der Waals surface area contributed by atoms with E-state index in [9.17, 15) is 13.2 Å². The Morgan fingerprint density at radius 3 is 2.31 bits per heavy atom. The first-order valence-corrected chi connectivity index (χ1v) is 10.8. The molecule has 2 aromatic heterocycles. The van der Waals surface area contributed by atoms with Crippen molar-refractivity contribution in [3.63, 3.8) is 0 Å². The van der Waals surface area contributed by atoms with Crippen LogP contribution in [0.25, 0.3) is 5.69 Å². The minimum Gasteiger partial charge on any atom is -0.459 e. The molecule has 3 aromatic rings. The second kappa shape index (κ2) is 7.49. The van der Waals surface area contributed by atoms with Crippen molar-refractivity contribution in [1.29, 1.82) is 0 Å². The molecular weight excluding hydrogens is 392 g/mol. The molecule has 1 aromatic carbocycles. The number of piperazine rings is 1. The number of nitrogens with zero attached hydrogens (tertiary/aromatic N) is 4. The van der Waals surface area contributed by atoms with E-state index in [1.54, 1.807) is 35.6 Å². The van der Waals surface area contributed by atoms with E-state index in [4.69, 9.17) is 4.42 Å². The maximum absolute atomic E-state index is 13.3. The highest BCUT2D eigenvalue weighted by Gasteiger charge is 2.34. The lowest BCUT2D eigenvalue weighted by Gasteiger charge is -2.33. The first kappa shape index (κ1) is 19.4. The van der Waals surface area contributed by atoms with Gasteiger partial charge in [0.05, 0.1) is 23.3 Å². The van der Waals surface area contributed by atoms with Crippen LogP contribution in [0.5, 0.6) is 0 Å². The number of carbonyl (C=O) groups is 1. The summed E-state index contributed by atoms with van der Waals surface area (Å²) in [5.41, 5.74) is 1.84. The number of sulfonamides is 1. The standard InChI is InChI=1S/C20H22N4O4S/c1-15-19(16(2)24(21-15)17-7-4-3-5-8-17)29(26,27)23-12-10-22(11-13-23)20(25)18-9-6-14-28-18/h3-9,14H,10-13H2,1-2H3. The van der Waals surface area contributed by atoms with Crippen molar-refractivity contribution in [2.24, 2.45) is 0 Å². The van der Waals surface area contributed by atoms with Crippen LogP contribution in [0.1, 0.15) is 21.9 Å². The summed E-state index contributed by atoms with van der Waals surface area (Å²) in [4.78, 5) is 14.2. The molecule has 0 atom stereocenters. The molecule has 29 heavy (non-hydrogen) atoms. The van der Waals surface area contributed by atoms with Gasteiger partial charge in [0.1, 0.15) is 4.90 Å². The minimum atomic E-state index is -3.72. The van der Waals surface area contributed by atoms with Gasteiger partial charge in [0.25, 0.3) is 5.91 Å². The predicted molar refractivity (Wildman–Crippen MR) is 106 cm³/mol. The highest BCUT2D eigenvalue weighted by molar-refractivity contribution is 7.89. The van der Waals surface area contributed by atoms with Gasteiger partial charge in [0.15, 0.2) is 5.76 Å². The quantitative estimate of drug-likeness (QED) is 0.653. The molecule has 152 valence electrons. The molecular formula is C20H22N4O4S. The smallest absolute Gasteiger partial charge is 0.289 e. The van der Waals surface area contributed by atoms with Crippen molar-refractivity contribution >= 4 is 15.9 Å². The van der Waals surface area contributed by atoms with E-state index in [2.05, 4.69) is 5.10 Å². The molecule has 0 radical (unpaired) electrons. The first-order chi connectivity index (χ1) is 13.9. The zero-order chi connectivity index (χ0) is 20.6. The number of hydrogen-bond acceptors (Lipinski definition) is 5. The Balaban J connectivity index is 1.56. The molecule has 1 aliphatic heterocycles. The number of amides is 1. The Kier molecular flexibility index (Phi) is 5.01. The molecule has 1 saturated heterocycles. The highest BCUT2D eigenvalue weighted by Crippen LogP contribution is 2.26.